The number of carboxylic acid groups (broad SMARTS) is 2. The van der Waals surface area contributed by atoms with Gasteiger partial charge < -0.3 is 14.8 Å². The van der Waals surface area contributed by atoms with Crippen molar-refractivity contribution in [1.82, 2.24) is 4.57 Å². The Bertz CT molecular complexity index is 420. The van der Waals surface area contributed by atoms with Crippen LogP contribution in [0, 0.1) is 0 Å². The Balaban J connectivity index is 3.31. The SMILES string of the molecule is CC(C)c1c(C(=O)O)ccn1C(C)C(=O)O. The topological polar surface area (TPSA) is 79.5 Å². The molecule has 0 saturated carbocycles. The molecule has 0 aromatic carbocycles. The van der Waals surface area contributed by atoms with Gasteiger partial charge in [-0.05, 0) is 18.9 Å². The number of aliphatic carboxylic acids is 1. The average molecular weight is 225 g/mol. The van der Waals surface area contributed by atoms with Gasteiger partial charge in [-0.1, -0.05) is 13.8 Å². The number of aromatic nitrogens is 1. The summed E-state index contributed by atoms with van der Waals surface area (Å²) in [6, 6.07) is 0.683. The van der Waals surface area contributed by atoms with Gasteiger partial charge in [-0.25, -0.2) is 9.59 Å². The smallest absolute Gasteiger partial charge is 0.337 e. The van der Waals surface area contributed by atoms with Crippen LogP contribution < -0.4 is 0 Å². The molecule has 1 heterocycles. The highest BCUT2D eigenvalue weighted by molar-refractivity contribution is 5.89. The first kappa shape index (κ1) is 12.3. The molecule has 1 aromatic heterocycles. The van der Waals surface area contributed by atoms with Crippen molar-refractivity contribution >= 4 is 11.9 Å². The minimum absolute atomic E-state index is 0.0390. The zero-order chi connectivity index (χ0) is 12.5. The molecular formula is C11H15NO4. The molecule has 1 unspecified atom stereocenters. The average Bonchev–Trinajstić information content (AvgIpc) is 2.60. The first-order valence-corrected chi connectivity index (χ1v) is 5.03. The minimum Gasteiger partial charge on any atom is -0.480 e. The zero-order valence-electron chi connectivity index (χ0n) is 9.47. The third-order valence-corrected chi connectivity index (χ3v) is 2.51. The standard InChI is InChI=1S/C11H15NO4/c1-6(2)9-8(11(15)16)4-5-12(9)7(3)10(13)14/h4-7H,1-3H3,(H,13,14)(H,15,16). The second-order valence-corrected chi connectivity index (χ2v) is 4.00. The van der Waals surface area contributed by atoms with Crippen molar-refractivity contribution in [3.63, 3.8) is 0 Å². The van der Waals surface area contributed by atoms with E-state index in [4.69, 9.17) is 10.2 Å². The van der Waals surface area contributed by atoms with Gasteiger partial charge in [0.15, 0.2) is 0 Å². The lowest BCUT2D eigenvalue weighted by Gasteiger charge is -2.16. The van der Waals surface area contributed by atoms with Crippen LogP contribution >= 0.6 is 0 Å². The van der Waals surface area contributed by atoms with E-state index >= 15 is 0 Å². The monoisotopic (exact) mass is 225 g/mol. The van der Waals surface area contributed by atoms with Crippen molar-refractivity contribution in [2.45, 2.75) is 32.7 Å². The van der Waals surface area contributed by atoms with Gasteiger partial charge in [0.25, 0.3) is 0 Å². The summed E-state index contributed by atoms with van der Waals surface area (Å²) >= 11 is 0. The molecule has 0 aliphatic carbocycles. The largest absolute Gasteiger partial charge is 0.480 e. The molecule has 0 radical (unpaired) electrons. The Morgan fingerprint density at radius 3 is 2.19 bits per heavy atom. The van der Waals surface area contributed by atoms with Crippen LogP contribution in [-0.4, -0.2) is 26.7 Å². The minimum atomic E-state index is -1.03. The summed E-state index contributed by atoms with van der Waals surface area (Å²) in [7, 11) is 0. The Morgan fingerprint density at radius 2 is 1.81 bits per heavy atom. The molecule has 0 amide bonds. The fraction of sp³-hybridized carbons (Fsp3) is 0.455. The summed E-state index contributed by atoms with van der Waals surface area (Å²) in [5, 5.41) is 17.9. The lowest BCUT2D eigenvalue weighted by atomic mass is 10.1. The highest BCUT2D eigenvalue weighted by Crippen LogP contribution is 2.24. The van der Waals surface area contributed by atoms with Crippen LogP contribution in [0.4, 0.5) is 0 Å². The van der Waals surface area contributed by atoms with Gasteiger partial charge in [-0.3, -0.25) is 0 Å². The Morgan fingerprint density at radius 1 is 1.25 bits per heavy atom. The maximum atomic E-state index is 11.0. The van der Waals surface area contributed by atoms with Crippen LogP contribution in [0.5, 0.6) is 0 Å². The van der Waals surface area contributed by atoms with E-state index in [2.05, 4.69) is 0 Å². The highest BCUT2D eigenvalue weighted by Gasteiger charge is 2.23. The van der Waals surface area contributed by atoms with E-state index in [0.29, 0.717) is 5.69 Å². The van der Waals surface area contributed by atoms with E-state index in [-0.39, 0.29) is 11.5 Å². The molecule has 88 valence electrons. The molecule has 1 atom stereocenters. The van der Waals surface area contributed by atoms with Crippen LogP contribution in [0.15, 0.2) is 12.3 Å². The van der Waals surface area contributed by atoms with Crippen molar-refractivity contribution in [3.8, 4) is 0 Å². The molecule has 0 aliphatic heterocycles. The first-order valence-electron chi connectivity index (χ1n) is 5.03. The Kier molecular flexibility index (Phi) is 3.37. The van der Waals surface area contributed by atoms with Crippen LogP contribution in [-0.2, 0) is 4.79 Å². The van der Waals surface area contributed by atoms with Crippen molar-refractivity contribution in [3.05, 3.63) is 23.5 Å². The maximum absolute atomic E-state index is 11.0. The number of hydrogen-bond acceptors (Lipinski definition) is 2. The number of nitrogens with zero attached hydrogens (tertiary/aromatic N) is 1. The van der Waals surface area contributed by atoms with Crippen molar-refractivity contribution in [1.29, 1.82) is 0 Å². The van der Waals surface area contributed by atoms with Gasteiger partial charge in [0, 0.05) is 11.9 Å². The predicted molar refractivity (Wildman–Crippen MR) is 57.8 cm³/mol. The predicted octanol–water partition coefficient (Wildman–Crippen LogP) is 1.96. The lowest BCUT2D eigenvalue weighted by molar-refractivity contribution is -0.140. The number of hydrogen-bond donors (Lipinski definition) is 2. The molecule has 1 rings (SSSR count). The molecular weight excluding hydrogens is 210 g/mol. The molecule has 0 aliphatic rings. The number of carbonyl (C=O) groups is 2. The van der Waals surface area contributed by atoms with E-state index < -0.39 is 18.0 Å². The summed E-state index contributed by atoms with van der Waals surface area (Å²) < 4.78 is 1.50. The van der Waals surface area contributed by atoms with Gasteiger partial charge in [0.2, 0.25) is 0 Å². The van der Waals surface area contributed by atoms with Crippen molar-refractivity contribution in [2.24, 2.45) is 0 Å². The lowest BCUT2D eigenvalue weighted by Crippen LogP contribution is -2.18. The second kappa shape index (κ2) is 4.38. The molecule has 0 saturated heterocycles. The number of aromatic carboxylic acids is 1. The zero-order valence-corrected chi connectivity index (χ0v) is 9.47. The summed E-state index contributed by atoms with van der Waals surface area (Å²) in [6.45, 7) is 5.21. The summed E-state index contributed by atoms with van der Waals surface area (Å²) in [6.07, 6.45) is 1.51. The quantitative estimate of drug-likeness (QED) is 0.820. The Labute approximate surface area is 93.3 Å². The van der Waals surface area contributed by atoms with E-state index in [1.807, 2.05) is 13.8 Å². The molecule has 5 heteroatoms. The highest BCUT2D eigenvalue weighted by atomic mass is 16.4. The molecule has 0 spiro atoms. The molecule has 5 nitrogen and oxygen atoms in total. The summed E-state index contributed by atoms with van der Waals surface area (Å²) in [5.74, 6) is -2.04. The van der Waals surface area contributed by atoms with Gasteiger partial charge in [0.05, 0.1) is 5.56 Å². The molecule has 0 fully saturated rings. The summed E-state index contributed by atoms with van der Waals surface area (Å²) in [4.78, 5) is 21.9. The van der Waals surface area contributed by atoms with Crippen LogP contribution in [0.3, 0.4) is 0 Å². The third-order valence-electron chi connectivity index (χ3n) is 2.51. The van der Waals surface area contributed by atoms with Gasteiger partial charge in [-0.2, -0.15) is 0 Å². The molecule has 16 heavy (non-hydrogen) atoms. The van der Waals surface area contributed by atoms with E-state index in [1.165, 1.54) is 23.8 Å². The van der Waals surface area contributed by atoms with Gasteiger partial charge >= 0.3 is 11.9 Å². The fourth-order valence-electron chi connectivity index (χ4n) is 1.71. The normalized spacial score (nSPS) is 12.8. The van der Waals surface area contributed by atoms with Crippen LogP contribution in [0.2, 0.25) is 0 Å². The van der Waals surface area contributed by atoms with Crippen LogP contribution in [0.25, 0.3) is 0 Å². The van der Waals surface area contributed by atoms with Crippen LogP contribution in [0.1, 0.15) is 48.8 Å². The Hall–Kier alpha value is -1.78. The third kappa shape index (κ3) is 2.08. The van der Waals surface area contributed by atoms with Gasteiger partial charge in [-0.15, -0.1) is 0 Å². The molecule has 1 aromatic rings. The second-order valence-electron chi connectivity index (χ2n) is 4.00. The van der Waals surface area contributed by atoms with E-state index in [9.17, 15) is 9.59 Å². The first-order chi connectivity index (χ1) is 7.36. The number of carboxylic acids is 2. The maximum Gasteiger partial charge on any atom is 0.337 e. The van der Waals surface area contributed by atoms with Crippen molar-refractivity contribution < 1.29 is 19.8 Å². The molecule has 2 N–H and O–H groups in total. The number of rotatable bonds is 4. The fourth-order valence-corrected chi connectivity index (χ4v) is 1.71. The van der Waals surface area contributed by atoms with E-state index in [0.717, 1.165) is 0 Å². The van der Waals surface area contributed by atoms with E-state index in [1.54, 1.807) is 0 Å². The summed E-state index contributed by atoms with van der Waals surface area (Å²) in [5.41, 5.74) is 0.713. The molecule has 0 bridgehead atoms. The van der Waals surface area contributed by atoms with Gasteiger partial charge in [0.1, 0.15) is 6.04 Å². The van der Waals surface area contributed by atoms with Crippen molar-refractivity contribution in [2.75, 3.05) is 0 Å².